The number of benzene rings is 2. The lowest BCUT2D eigenvalue weighted by Crippen LogP contribution is -2.57. The molecular formula is C26H26ClF2N5. The van der Waals surface area contributed by atoms with Crippen molar-refractivity contribution in [1.29, 1.82) is 0 Å². The Labute approximate surface area is 202 Å². The van der Waals surface area contributed by atoms with Crippen LogP contribution >= 0.6 is 11.6 Å². The summed E-state index contributed by atoms with van der Waals surface area (Å²) in [6, 6.07) is 15.2. The van der Waals surface area contributed by atoms with Crippen LogP contribution in [-0.4, -0.2) is 45.0 Å². The molecule has 1 saturated heterocycles. The van der Waals surface area contributed by atoms with Crippen LogP contribution in [-0.2, 0) is 0 Å². The van der Waals surface area contributed by atoms with Crippen LogP contribution in [0.1, 0.15) is 36.8 Å². The first kappa shape index (κ1) is 22.7. The highest BCUT2D eigenvalue weighted by Crippen LogP contribution is 2.36. The van der Waals surface area contributed by atoms with E-state index in [1.165, 1.54) is 24.3 Å². The zero-order valence-electron chi connectivity index (χ0n) is 19.3. The average Bonchev–Trinajstić information content (AvgIpc) is 3.18. The van der Waals surface area contributed by atoms with E-state index in [4.69, 9.17) is 11.6 Å². The Balaban J connectivity index is 1.51. The normalized spacial score (nSPS) is 19.3. The first-order valence-corrected chi connectivity index (χ1v) is 11.7. The van der Waals surface area contributed by atoms with Gasteiger partial charge in [0.05, 0.1) is 11.7 Å². The number of rotatable bonds is 4. The van der Waals surface area contributed by atoms with E-state index in [2.05, 4.69) is 38.6 Å². The lowest BCUT2D eigenvalue weighted by atomic mass is 9.93. The summed E-state index contributed by atoms with van der Waals surface area (Å²) in [4.78, 5) is 16.9. The number of pyridine rings is 1. The molecule has 2 aromatic heterocycles. The number of halogens is 3. The minimum Gasteiger partial charge on any atom is -0.364 e. The third-order valence-electron chi connectivity index (χ3n) is 6.57. The van der Waals surface area contributed by atoms with Gasteiger partial charge in [0.1, 0.15) is 28.1 Å². The second-order valence-corrected chi connectivity index (χ2v) is 9.42. The zero-order valence-corrected chi connectivity index (χ0v) is 20.0. The smallest absolute Gasteiger partial charge is 0.161 e. The van der Waals surface area contributed by atoms with E-state index in [1.807, 2.05) is 37.3 Å². The third-order valence-corrected chi connectivity index (χ3v) is 6.76. The number of nitrogens with one attached hydrogen (secondary N) is 1. The van der Waals surface area contributed by atoms with E-state index in [-0.39, 0.29) is 29.8 Å². The molecule has 0 spiro atoms. The first-order chi connectivity index (χ1) is 16.3. The molecule has 0 saturated carbocycles. The van der Waals surface area contributed by atoms with Crippen molar-refractivity contribution in [3.8, 4) is 0 Å². The third kappa shape index (κ3) is 4.26. The average molecular weight is 482 g/mol. The quantitative estimate of drug-likeness (QED) is 0.369. The van der Waals surface area contributed by atoms with Gasteiger partial charge in [0.15, 0.2) is 5.65 Å². The number of aryl methyl sites for hydroxylation is 1. The number of aromatic amines is 1. The summed E-state index contributed by atoms with van der Waals surface area (Å²) in [6.45, 7) is 7.73. The van der Waals surface area contributed by atoms with Crippen molar-refractivity contribution in [3.05, 3.63) is 88.3 Å². The van der Waals surface area contributed by atoms with Gasteiger partial charge in [0.25, 0.3) is 0 Å². The molecule has 4 aromatic rings. The van der Waals surface area contributed by atoms with Crippen LogP contribution < -0.4 is 4.90 Å². The molecule has 3 heterocycles. The standard InChI is InChI=1S/C26H26ClF2N5/c1-15-14-34(25(18-4-8-20(28)9-5-18)19-6-10-21(29)11-7-19)16(2)13-33(15)22-12-23(27)32-26-24(22)30-17(3)31-26/h4-12,15-16,25H,13-14H2,1-3H3,(H,30,31,32)/t15-,16+/m0/s1. The predicted molar refractivity (Wildman–Crippen MR) is 131 cm³/mol. The molecule has 1 N–H and O–H groups in total. The van der Waals surface area contributed by atoms with Gasteiger partial charge in [-0.05, 0) is 56.2 Å². The Bertz CT molecular complexity index is 1260. The molecule has 1 aliphatic rings. The lowest BCUT2D eigenvalue weighted by Gasteiger charge is -2.48. The number of anilines is 1. The monoisotopic (exact) mass is 481 g/mol. The number of hydrogen-bond acceptors (Lipinski definition) is 4. The fraction of sp³-hybridized carbons (Fsp3) is 0.308. The van der Waals surface area contributed by atoms with E-state index in [0.717, 1.165) is 41.2 Å². The van der Waals surface area contributed by atoms with Crippen LogP contribution in [0.5, 0.6) is 0 Å². The summed E-state index contributed by atoms with van der Waals surface area (Å²) in [5, 5.41) is 0.420. The topological polar surface area (TPSA) is 48.1 Å². The van der Waals surface area contributed by atoms with E-state index >= 15 is 0 Å². The van der Waals surface area contributed by atoms with Gasteiger partial charge in [-0.1, -0.05) is 35.9 Å². The van der Waals surface area contributed by atoms with E-state index < -0.39 is 0 Å². The van der Waals surface area contributed by atoms with Crippen molar-refractivity contribution in [2.45, 2.75) is 38.9 Å². The van der Waals surface area contributed by atoms with Crippen LogP contribution in [0.15, 0.2) is 54.6 Å². The number of nitrogens with zero attached hydrogens (tertiary/aromatic N) is 4. The summed E-state index contributed by atoms with van der Waals surface area (Å²) in [5.41, 5.74) is 4.38. The summed E-state index contributed by atoms with van der Waals surface area (Å²) in [6.07, 6.45) is 0. The molecule has 0 radical (unpaired) electrons. The minimum atomic E-state index is -0.277. The molecule has 0 aliphatic carbocycles. The van der Waals surface area contributed by atoms with E-state index in [0.29, 0.717) is 10.8 Å². The molecule has 5 rings (SSSR count). The van der Waals surface area contributed by atoms with E-state index in [1.54, 1.807) is 0 Å². The molecule has 2 aromatic carbocycles. The van der Waals surface area contributed by atoms with Gasteiger partial charge in [-0.2, -0.15) is 0 Å². The maximum atomic E-state index is 13.7. The summed E-state index contributed by atoms with van der Waals surface area (Å²) in [7, 11) is 0. The lowest BCUT2D eigenvalue weighted by molar-refractivity contribution is 0.130. The molecular weight excluding hydrogens is 456 g/mol. The summed E-state index contributed by atoms with van der Waals surface area (Å²) < 4.78 is 27.4. The minimum absolute atomic E-state index is 0.130. The Hall–Kier alpha value is -3.03. The van der Waals surface area contributed by atoms with Crippen LogP contribution in [0.2, 0.25) is 5.15 Å². The van der Waals surface area contributed by atoms with Crippen LogP contribution in [0.3, 0.4) is 0 Å². The van der Waals surface area contributed by atoms with Crippen LogP contribution in [0, 0.1) is 18.6 Å². The molecule has 1 aliphatic heterocycles. The largest absolute Gasteiger partial charge is 0.364 e. The maximum absolute atomic E-state index is 13.7. The number of piperazine rings is 1. The fourth-order valence-corrected chi connectivity index (χ4v) is 5.18. The zero-order chi connectivity index (χ0) is 24.0. The fourth-order valence-electron chi connectivity index (χ4n) is 4.99. The van der Waals surface area contributed by atoms with Crippen molar-refractivity contribution in [2.24, 2.45) is 0 Å². The first-order valence-electron chi connectivity index (χ1n) is 11.4. The van der Waals surface area contributed by atoms with Crippen molar-refractivity contribution in [2.75, 3.05) is 18.0 Å². The number of H-pyrrole nitrogens is 1. The highest BCUT2D eigenvalue weighted by atomic mass is 35.5. The summed E-state index contributed by atoms with van der Waals surface area (Å²) >= 11 is 6.34. The molecule has 0 bridgehead atoms. The predicted octanol–water partition coefficient (Wildman–Crippen LogP) is 5.89. The molecule has 5 nitrogen and oxygen atoms in total. The Morgan fingerprint density at radius 2 is 1.50 bits per heavy atom. The summed E-state index contributed by atoms with van der Waals surface area (Å²) in [5.74, 6) is 0.236. The Kier molecular flexibility index (Phi) is 6.00. The van der Waals surface area contributed by atoms with Gasteiger partial charge in [0.2, 0.25) is 0 Å². The highest BCUT2D eigenvalue weighted by Gasteiger charge is 2.36. The second kappa shape index (κ2) is 8.96. The van der Waals surface area contributed by atoms with Crippen molar-refractivity contribution >= 4 is 28.5 Å². The molecule has 34 heavy (non-hydrogen) atoms. The number of fused-ring (bicyclic) bond motifs is 1. The van der Waals surface area contributed by atoms with Gasteiger partial charge in [-0.25, -0.2) is 18.7 Å². The Morgan fingerprint density at radius 3 is 2.09 bits per heavy atom. The molecule has 0 unspecified atom stereocenters. The van der Waals surface area contributed by atoms with Gasteiger partial charge in [-0.15, -0.1) is 0 Å². The molecule has 1 fully saturated rings. The SMILES string of the molecule is Cc1nc2c(N3C[C@@H](C)N(C(c4ccc(F)cc4)c4ccc(F)cc4)C[C@@H]3C)cc(Cl)nc2[nH]1. The van der Waals surface area contributed by atoms with Gasteiger partial charge in [-0.3, -0.25) is 4.90 Å². The van der Waals surface area contributed by atoms with Crippen molar-refractivity contribution in [1.82, 2.24) is 19.9 Å². The van der Waals surface area contributed by atoms with Gasteiger partial charge < -0.3 is 9.88 Å². The maximum Gasteiger partial charge on any atom is 0.161 e. The van der Waals surface area contributed by atoms with Crippen LogP contribution in [0.25, 0.3) is 11.2 Å². The molecule has 0 amide bonds. The van der Waals surface area contributed by atoms with Crippen molar-refractivity contribution < 1.29 is 8.78 Å². The second-order valence-electron chi connectivity index (χ2n) is 9.04. The number of aromatic nitrogens is 3. The molecule has 8 heteroatoms. The molecule has 2 atom stereocenters. The number of imidazole rings is 1. The highest BCUT2D eigenvalue weighted by molar-refractivity contribution is 6.30. The Morgan fingerprint density at radius 1 is 0.912 bits per heavy atom. The van der Waals surface area contributed by atoms with E-state index in [9.17, 15) is 8.78 Å². The van der Waals surface area contributed by atoms with Crippen molar-refractivity contribution in [3.63, 3.8) is 0 Å². The number of hydrogen-bond donors (Lipinski definition) is 1. The molecule has 176 valence electrons. The van der Waals surface area contributed by atoms with Gasteiger partial charge >= 0.3 is 0 Å². The van der Waals surface area contributed by atoms with Crippen LogP contribution in [0.4, 0.5) is 14.5 Å². The van der Waals surface area contributed by atoms with Gasteiger partial charge in [0, 0.05) is 31.2 Å².